The maximum atomic E-state index is 13.1. The lowest BCUT2D eigenvalue weighted by atomic mass is 9.97. The Hall–Kier alpha value is -2.21. The zero-order valence-electron chi connectivity index (χ0n) is 13.1. The number of halogens is 1. The first kappa shape index (κ1) is 18.8. The minimum Gasteiger partial charge on any atom is -0.480 e. The van der Waals surface area contributed by atoms with Crippen molar-refractivity contribution in [2.24, 2.45) is 5.92 Å². The lowest BCUT2D eigenvalue weighted by molar-refractivity contribution is -0.143. The highest BCUT2D eigenvalue weighted by molar-refractivity contribution is 5.83. The van der Waals surface area contributed by atoms with E-state index in [9.17, 15) is 14.0 Å². The molecule has 2 atom stereocenters. The van der Waals surface area contributed by atoms with Crippen LogP contribution in [0.15, 0.2) is 36.9 Å². The van der Waals surface area contributed by atoms with Crippen LogP contribution in [0, 0.1) is 11.7 Å². The van der Waals surface area contributed by atoms with Crippen molar-refractivity contribution in [2.45, 2.75) is 25.8 Å². The topological polar surface area (TPSA) is 75.6 Å². The molecule has 6 heteroatoms. The normalized spacial score (nSPS) is 13.1. The fourth-order valence-electron chi connectivity index (χ4n) is 2.15. The van der Waals surface area contributed by atoms with Crippen LogP contribution in [0.4, 0.5) is 4.39 Å². The van der Waals surface area contributed by atoms with Crippen LogP contribution in [0.25, 0.3) is 0 Å². The summed E-state index contributed by atoms with van der Waals surface area (Å²) in [5.41, 5.74) is 0.800. The molecule has 0 aliphatic heterocycles. The molecule has 1 aromatic rings. The Labute approximate surface area is 135 Å². The smallest absolute Gasteiger partial charge is 0.328 e. The molecule has 0 aliphatic carbocycles. The van der Waals surface area contributed by atoms with Gasteiger partial charge in [0.1, 0.15) is 5.82 Å². The van der Waals surface area contributed by atoms with E-state index in [1.165, 1.54) is 18.2 Å². The molecule has 0 fully saturated rings. The van der Waals surface area contributed by atoms with E-state index >= 15 is 0 Å². The second-order valence-corrected chi connectivity index (χ2v) is 5.43. The van der Waals surface area contributed by atoms with Gasteiger partial charge >= 0.3 is 5.97 Å². The lowest BCUT2D eigenvalue weighted by Crippen LogP contribution is -2.44. The van der Waals surface area contributed by atoms with Crippen molar-refractivity contribution < 1.29 is 23.8 Å². The number of aliphatic carboxylic acids is 1. The predicted octanol–water partition coefficient (Wildman–Crippen LogP) is 2.17. The van der Waals surface area contributed by atoms with Crippen LogP contribution in [0.5, 0.6) is 0 Å². The Balaban J connectivity index is 2.46. The third-order valence-corrected chi connectivity index (χ3v) is 3.16. The Morgan fingerprint density at radius 3 is 2.83 bits per heavy atom. The van der Waals surface area contributed by atoms with Crippen molar-refractivity contribution in [1.29, 1.82) is 0 Å². The summed E-state index contributed by atoms with van der Waals surface area (Å²) in [7, 11) is 0. The first-order valence-corrected chi connectivity index (χ1v) is 7.37. The van der Waals surface area contributed by atoms with Gasteiger partial charge in [-0.15, -0.1) is 6.58 Å². The average Bonchev–Trinajstić information content (AvgIpc) is 2.46. The molecule has 23 heavy (non-hydrogen) atoms. The largest absolute Gasteiger partial charge is 0.480 e. The molecule has 0 aromatic heterocycles. The van der Waals surface area contributed by atoms with Crippen LogP contribution in [-0.4, -0.2) is 36.2 Å². The molecule has 0 radical (unpaired) electrons. The lowest BCUT2D eigenvalue weighted by Gasteiger charge is -2.16. The van der Waals surface area contributed by atoms with Gasteiger partial charge in [0.2, 0.25) is 5.91 Å². The summed E-state index contributed by atoms with van der Waals surface area (Å²) in [4.78, 5) is 23.0. The van der Waals surface area contributed by atoms with E-state index in [0.29, 0.717) is 6.42 Å². The summed E-state index contributed by atoms with van der Waals surface area (Å²) in [6, 6.07) is 5.11. The van der Waals surface area contributed by atoms with E-state index in [4.69, 9.17) is 9.84 Å². The standard InChI is InChI=1S/C17H22FNO4/c1-3-7-23-11-15(17(21)22)19-16(20)9-12(2)8-13-5-4-6-14(18)10-13/h3-6,10,12,15H,1,7-9,11H2,2H3,(H,19,20)(H,21,22). The summed E-state index contributed by atoms with van der Waals surface area (Å²) in [5, 5.41) is 11.5. The van der Waals surface area contributed by atoms with Gasteiger partial charge in [-0.05, 0) is 30.0 Å². The second-order valence-electron chi connectivity index (χ2n) is 5.43. The molecular formula is C17H22FNO4. The van der Waals surface area contributed by atoms with Crippen LogP contribution < -0.4 is 5.32 Å². The Bertz CT molecular complexity index is 547. The number of carbonyl (C=O) groups excluding carboxylic acids is 1. The van der Waals surface area contributed by atoms with E-state index in [1.807, 2.05) is 6.92 Å². The number of hydrogen-bond acceptors (Lipinski definition) is 3. The monoisotopic (exact) mass is 323 g/mol. The van der Waals surface area contributed by atoms with Gasteiger partial charge < -0.3 is 15.2 Å². The predicted molar refractivity (Wildman–Crippen MR) is 84.5 cm³/mol. The van der Waals surface area contributed by atoms with Crippen molar-refractivity contribution in [3.63, 3.8) is 0 Å². The zero-order valence-corrected chi connectivity index (χ0v) is 13.1. The molecule has 1 aromatic carbocycles. The van der Waals surface area contributed by atoms with Gasteiger partial charge in [-0.3, -0.25) is 4.79 Å². The number of ether oxygens (including phenoxy) is 1. The number of carboxylic acid groups (broad SMARTS) is 1. The molecule has 0 saturated heterocycles. The summed E-state index contributed by atoms with van der Waals surface area (Å²) in [6.45, 7) is 5.42. The minimum absolute atomic E-state index is 0.0414. The average molecular weight is 323 g/mol. The molecule has 2 N–H and O–H groups in total. The number of carboxylic acids is 1. The third kappa shape index (κ3) is 7.56. The number of rotatable bonds is 10. The number of amides is 1. The number of nitrogens with one attached hydrogen (secondary N) is 1. The van der Waals surface area contributed by atoms with Gasteiger partial charge in [-0.2, -0.15) is 0 Å². The van der Waals surface area contributed by atoms with E-state index in [-0.39, 0.29) is 37.3 Å². The molecule has 5 nitrogen and oxygen atoms in total. The van der Waals surface area contributed by atoms with Crippen LogP contribution >= 0.6 is 0 Å². The maximum absolute atomic E-state index is 13.1. The fraction of sp³-hybridized carbons (Fsp3) is 0.412. The first-order chi connectivity index (χ1) is 10.9. The number of benzene rings is 1. The summed E-state index contributed by atoms with van der Waals surface area (Å²) in [6.07, 6.45) is 2.19. The molecular weight excluding hydrogens is 301 g/mol. The third-order valence-electron chi connectivity index (χ3n) is 3.16. The van der Waals surface area contributed by atoms with Gasteiger partial charge in [0.15, 0.2) is 6.04 Å². The van der Waals surface area contributed by atoms with Crippen molar-refractivity contribution in [1.82, 2.24) is 5.32 Å². The highest BCUT2D eigenvalue weighted by atomic mass is 19.1. The first-order valence-electron chi connectivity index (χ1n) is 7.37. The summed E-state index contributed by atoms with van der Waals surface area (Å²) >= 11 is 0. The molecule has 0 bridgehead atoms. The second kappa shape index (κ2) is 9.74. The van der Waals surface area contributed by atoms with Crippen molar-refractivity contribution in [3.05, 3.63) is 48.3 Å². The molecule has 1 amide bonds. The van der Waals surface area contributed by atoms with Crippen molar-refractivity contribution in [2.75, 3.05) is 13.2 Å². The number of carbonyl (C=O) groups is 2. The van der Waals surface area contributed by atoms with Crippen LogP contribution in [-0.2, 0) is 20.7 Å². The van der Waals surface area contributed by atoms with E-state index in [1.54, 1.807) is 12.1 Å². The van der Waals surface area contributed by atoms with Crippen LogP contribution in [0.1, 0.15) is 18.9 Å². The molecule has 0 saturated carbocycles. The van der Waals surface area contributed by atoms with Gasteiger partial charge in [0, 0.05) is 6.42 Å². The highest BCUT2D eigenvalue weighted by Gasteiger charge is 2.21. The maximum Gasteiger partial charge on any atom is 0.328 e. The van der Waals surface area contributed by atoms with Gasteiger partial charge in [0.05, 0.1) is 13.2 Å². The van der Waals surface area contributed by atoms with E-state index in [0.717, 1.165) is 5.56 Å². The molecule has 1 rings (SSSR count). The van der Waals surface area contributed by atoms with Crippen LogP contribution in [0.3, 0.4) is 0 Å². The zero-order chi connectivity index (χ0) is 17.2. The number of hydrogen-bond donors (Lipinski definition) is 2. The Kier molecular flexibility index (Phi) is 7.97. The van der Waals surface area contributed by atoms with Gasteiger partial charge in [-0.1, -0.05) is 25.1 Å². The van der Waals surface area contributed by atoms with Gasteiger partial charge in [-0.25, -0.2) is 9.18 Å². The van der Waals surface area contributed by atoms with E-state index < -0.39 is 12.0 Å². The fourth-order valence-corrected chi connectivity index (χ4v) is 2.15. The quantitative estimate of drug-likeness (QED) is 0.511. The van der Waals surface area contributed by atoms with Crippen molar-refractivity contribution in [3.8, 4) is 0 Å². The molecule has 0 heterocycles. The highest BCUT2D eigenvalue weighted by Crippen LogP contribution is 2.13. The van der Waals surface area contributed by atoms with Crippen molar-refractivity contribution >= 4 is 11.9 Å². The van der Waals surface area contributed by atoms with E-state index in [2.05, 4.69) is 11.9 Å². The van der Waals surface area contributed by atoms with Gasteiger partial charge in [0.25, 0.3) is 0 Å². The van der Waals surface area contributed by atoms with Crippen LogP contribution in [0.2, 0.25) is 0 Å². The molecule has 0 spiro atoms. The molecule has 126 valence electrons. The SMILES string of the molecule is C=CCOCC(NC(=O)CC(C)Cc1cccc(F)c1)C(=O)O. The summed E-state index contributed by atoms with van der Waals surface area (Å²) in [5.74, 6) is -1.88. The summed E-state index contributed by atoms with van der Waals surface area (Å²) < 4.78 is 18.2. The molecule has 0 aliphatic rings. The Morgan fingerprint density at radius 2 is 2.22 bits per heavy atom. The Morgan fingerprint density at radius 1 is 1.48 bits per heavy atom. The minimum atomic E-state index is -1.15. The molecule has 2 unspecified atom stereocenters.